The first-order valence-corrected chi connectivity index (χ1v) is 0. The van der Waals surface area contributed by atoms with Crippen molar-refractivity contribution in [3.63, 3.8) is 0 Å². The third-order valence-corrected chi connectivity index (χ3v) is 0. The second-order valence-corrected chi connectivity index (χ2v) is 0. The van der Waals surface area contributed by atoms with Gasteiger partial charge in [0.25, 0.3) is 0 Å². The fourth-order valence-electron chi connectivity index (χ4n) is 0. The van der Waals surface area contributed by atoms with E-state index in [1.807, 2.05) is 0 Å². The monoisotopic (exact) mass is 412 g/mol. The fourth-order valence-corrected chi connectivity index (χ4v) is 0. The molecule has 0 saturated heterocycles. The molecule has 0 spiro atoms. The summed E-state index contributed by atoms with van der Waals surface area (Å²) in [4.78, 5) is 0. The van der Waals surface area contributed by atoms with Crippen molar-refractivity contribution in [2.24, 2.45) is 0 Å². The summed E-state index contributed by atoms with van der Waals surface area (Å²) in [6, 6.07) is 0. The Morgan fingerprint density at radius 3 is 0.500 bits per heavy atom. The standard InChI is InChI=1S/3HI.P/h3*1H;/q;;;+3/p-3. The van der Waals surface area contributed by atoms with Gasteiger partial charge in [0.05, 0.1) is 0 Å². The van der Waals surface area contributed by atoms with E-state index in [4.69, 9.17) is 0 Å². The number of halogens is 3. The molecular weight excluding hydrogens is 412 g/mol. The van der Waals surface area contributed by atoms with E-state index in [1.165, 1.54) is 0 Å². The Hall–Kier alpha value is 2.62. The van der Waals surface area contributed by atoms with Gasteiger partial charge in [-0.25, -0.2) is 0 Å². The van der Waals surface area contributed by atoms with E-state index in [0.717, 1.165) is 0 Å². The summed E-state index contributed by atoms with van der Waals surface area (Å²) in [6.45, 7) is 0. The molecule has 0 aliphatic carbocycles. The molecule has 4 heteroatoms. The summed E-state index contributed by atoms with van der Waals surface area (Å²) < 4.78 is 0. The maximum atomic E-state index is 0. The van der Waals surface area contributed by atoms with Crippen LogP contribution in [0.5, 0.6) is 0 Å². The van der Waals surface area contributed by atoms with Gasteiger partial charge in [-0.15, -0.1) is 0 Å². The number of hydrogen-bond donors (Lipinski definition) is 0. The number of rotatable bonds is 0. The zero-order valence-electron chi connectivity index (χ0n) is 1.58. The van der Waals surface area contributed by atoms with Crippen LogP contribution < -0.4 is 71.9 Å². The van der Waals surface area contributed by atoms with Crippen LogP contribution in [0.2, 0.25) is 0 Å². The van der Waals surface area contributed by atoms with Crippen molar-refractivity contribution >= 4 is 9.90 Å². The Balaban J connectivity index is 0. The average Bonchev–Trinajstić information content (AvgIpc) is 0. The fraction of sp³-hybridized carbons (Fsp3) is 0. The molecule has 0 aromatic carbocycles. The smallest absolute Gasteiger partial charge is 1.00 e. The van der Waals surface area contributed by atoms with Crippen LogP contribution in [0.4, 0.5) is 0 Å². The first-order chi connectivity index (χ1) is 0. The van der Waals surface area contributed by atoms with Crippen molar-refractivity contribution in [1.29, 1.82) is 0 Å². The minimum Gasteiger partial charge on any atom is -1.00 e. The first-order valence-electron chi connectivity index (χ1n) is 0. The van der Waals surface area contributed by atoms with E-state index in [-0.39, 0.29) is 81.8 Å². The molecule has 4 heavy (non-hydrogen) atoms. The molecule has 0 N–H and O–H groups in total. The van der Waals surface area contributed by atoms with Crippen molar-refractivity contribution < 1.29 is 71.9 Å². The van der Waals surface area contributed by atoms with Crippen molar-refractivity contribution in [3.05, 3.63) is 0 Å². The van der Waals surface area contributed by atoms with Gasteiger partial charge in [0.2, 0.25) is 0 Å². The summed E-state index contributed by atoms with van der Waals surface area (Å²) in [5, 5.41) is 0. The quantitative estimate of drug-likeness (QED) is 0.274. The molecule has 0 aliphatic heterocycles. The molecule has 0 aromatic rings. The second kappa shape index (κ2) is 17.5. The minimum atomic E-state index is 0. The molecule has 0 fully saturated rings. The van der Waals surface area contributed by atoms with Gasteiger partial charge in [-0.1, -0.05) is 0 Å². The zero-order chi connectivity index (χ0) is 0. The van der Waals surface area contributed by atoms with E-state index in [9.17, 15) is 0 Å². The summed E-state index contributed by atoms with van der Waals surface area (Å²) in [7, 11) is 0. The second-order valence-electron chi connectivity index (χ2n) is 0. The summed E-state index contributed by atoms with van der Waals surface area (Å²) in [6.07, 6.45) is 0. The van der Waals surface area contributed by atoms with E-state index in [0.29, 0.717) is 0 Å². The Bertz CT molecular complexity index is 3.25. The third-order valence-electron chi connectivity index (χ3n) is 0. The molecule has 0 atom stereocenters. The number of hydrogen-bond acceptors (Lipinski definition) is 0. The van der Waals surface area contributed by atoms with Crippen LogP contribution in [0.25, 0.3) is 0 Å². The van der Waals surface area contributed by atoms with Gasteiger partial charge in [0.1, 0.15) is 0 Å². The van der Waals surface area contributed by atoms with Crippen LogP contribution in [0.3, 0.4) is 0 Å². The minimum absolute atomic E-state index is 0. The third kappa shape index (κ3) is 8.82. The van der Waals surface area contributed by atoms with Crippen LogP contribution in [0.1, 0.15) is 0 Å². The van der Waals surface area contributed by atoms with Crippen LogP contribution in [0, 0.1) is 0 Å². The van der Waals surface area contributed by atoms with Crippen molar-refractivity contribution in [1.82, 2.24) is 0 Å². The van der Waals surface area contributed by atoms with Crippen molar-refractivity contribution in [3.8, 4) is 0 Å². The van der Waals surface area contributed by atoms with E-state index in [1.54, 1.807) is 0 Å². The van der Waals surface area contributed by atoms with E-state index >= 15 is 0 Å². The Morgan fingerprint density at radius 1 is 0.500 bits per heavy atom. The maximum absolute atomic E-state index is 0. The van der Waals surface area contributed by atoms with E-state index in [2.05, 4.69) is 0 Å². The molecule has 0 bridgehead atoms. The van der Waals surface area contributed by atoms with Gasteiger partial charge in [0, 0.05) is 0 Å². The first kappa shape index (κ1) is 30.5. The molecule has 0 rings (SSSR count). The van der Waals surface area contributed by atoms with Gasteiger partial charge < -0.3 is 71.9 Å². The normalized spacial score (nSPS) is 0. The topological polar surface area (TPSA) is 0 Å². The maximum Gasteiger partial charge on any atom is 3.00 e. The van der Waals surface area contributed by atoms with Crippen LogP contribution in [0.15, 0.2) is 0 Å². The molecule has 0 aromatic heterocycles. The van der Waals surface area contributed by atoms with Crippen LogP contribution >= 0.6 is 9.90 Å². The molecule has 0 nitrogen and oxygen atoms in total. The molecule has 2 radical (unpaired) electrons. The predicted molar refractivity (Wildman–Crippen MR) is 6.92 cm³/mol. The summed E-state index contributed by atoms with van der Waals surface area (Å²) in [5.41, 5.74) is 0. The molecule has 0 amide bonds. The van der Waals surface area contributed by atoms with Crippen molar-refractivity contribution in [2.75, 3.05) is 0 Å². The molecule has 0 saturated carbocycles. The molecule has 0 heterocycles. The molecule has 0 unspecified atom stereocenters. The van der Waals surface area contributed by atoms with Crippen LogP contribution in [-0.4, -0.2) is 0 Å². The predicted octanol–water partition coefficient (Wildman–Crippen LogP) is -8.13. The van der Waals surface area contributed by atoms with E-state index < -0.39 is 0 Å². The largest absolute Gasteiger partial charge is 3.00 e. The molecule has 0 aliphatic rings. The Labute approximate surface area is 80.6 Å². The summed E-state index contributed by atoms with van der Waals surface area (Å²) >= 11 is 0. The van der Waals surface area contributed by atoms with Crippen LogP contribution in [-0.2, 0) is 0 Å². The van der Waals surface area contributed by atoms with Gasteiger partial charge in [-0.05, 0) is 0 Å². The SMILES string of the molecule is [I-].[I-].[I-].[P+3]. The van der Waals surface area contributed by atoms with Gasteiger partial charge in [0.15, 0.2) is 0 Å². The van der Waals surface area contributed by atoms with Crippen molar-refractivity contribution in [2.45, 2.75) is 0 Å². The Kier molecular flexibility index (Phi) is 133. The van der Waals surface area contributed by atoms with Gasteiger partial charge in [-0.3, -0.25) is 0 Å². The summed E-state index contributed by atoms with van der Waals surface area (Å²) in [5.74, 6) is 0. The Morgan fingerprint density at radius 2 is 0.500 bits per heavy atom. The van der Waals surface area contributed by atoms with Gasteiger partial charge in [-0.2, -0.15) is 0 Å². The molecule has 26 valence electrons. The van der Waals surface area contributed by atoms with Gasteiger partial charge >= 0.3 is 9.90 Å². The zero-order valence-corrected chi connectivity index (χ0v) is 8.95. The average molecular weight is 412 g/mol. The molecular formula is I3P.